The lowest BCUT2D eigenvalue weighted by Gasteiger charge is -2.39. The molecule has 2 aromatic carbocycles. The SMILES string of the molecule is CS(=O)(=O)c1ccc(-c2ccc(OC3CN(Cc4cccc(C(F)(F)F)c4)C3)cc2)cn1. The van der Waals surface area contributed by atoms with E-state index in [0.29, 0.717) is 30.9 Å². The third kappa shape index (κ3) is 5.28. The van der Waals surface area contributed by atoms with Crippen LogP contribution in [-0.4, -0.2) is 43.8 Å². The molecule has 3 aromatic rings. The molecule has 0 saturated carbocycles. The number of ether oxygens (including phenoxy) is 1. The molecule has 0 amide bonds. The van der Waals surface area contributed by atoms with Crippen LogP contribution >= 0.6 is 0 Å². The third-order valence-electron chi connectivity index (χ3n) is 5.19. The molecule has 0 unspecified atom stereocenters. The first-order chi connectivity index (χ1) is 15.1. The zero-order chi connectivity index (χ0) is 22.9. The van der Waals surface area contributed by atoms with Crippen molar-refractivity contribution in [1.82, 2.24) is 9.88 Å². The zero-order valence-electron chi connectivity index (χ0n) is 17.2. The van der Waals surface area contributed by atoms with Gasteiger partial charge >= 0.3 is 6.18 Å². The fourth-order valence-electron chi connectivity index (χ4n) is 3.52. The van der Waals surface area contributed by atoms with Crippen LogP contribution < -0.4 is 4.74 Å². The van der Waals surface area contributed by atoms with Crippen LogP contribution in [0.25, 0.3) is 11.1 Å². The summed E-state index contributed by atoms with van der Waals surface area (Å²) in [6, 6.07) is 16.0. The summed E-state index contributed by atoms with van der Waals surface area (Å²) < 4.78 is 67.5. The van der Waals surface area contributed by atoms with Crippen LogP contribution in [0.15, 0.2) is 71.9 Å². The van der Waals surface area contributed by atoms with Crippen molar-refractivity contribution >= 4 is 9.84 Å². The number of rotatable bonds is 6. The second-order valence-electron chi connectivity index (χ2n) is 7.81. The molecule has 0 bridgehead atoms. The monoisotopic (exact) mass is 462 g/mol. The lowest BCUT2D eigenvalue weighted by molar-refractivity contribution is -0.137. The summed E-state index contributed by atoms with van der Waals surface area (Å²) in [5.41, 5.74) is 1.66. The van der Waals surface area contributed by atoms with Crippen LogP contribution in [0.2, 0.25) is 0 Å². The lowest BCUT2D eigenvalue weighted by atomic mass is 10.1. The Bertz CT molecular complexity index is 1190. The number of likely N-dealkylation sites (tertiary alicyclic amines) is 1. The molecule has 5 nitrogen and oxygen atoms in total. The van der Waals surface area contributed by atoms with Gasteiger partial charge in [0.05, 0.1) is 5.56 Å². The van der Waals surface area contributed by atoms with Gasteiger partial charge in [-0.05, 0) is 41.5 Å². The number of nitrogens with zero attached hydrogens (tertiary/aromatic N) is 2. The van der Waals surface area contributed by atoms with Gasteiger partial charge in [-0.25, -0.2) is 13.4 Å². The number of benzene rings is 2. The summed E-state index contributed by atoms with van der Waals surface area (Å²) in [7, 11) is -3.34. The average molecular weight is 462 g/mol. The highest BCUT2D eigenvalue weighted by Gasteiger charge is 2.32. The predicted molar refractivity (Wildman–Crippen MR) is 114 cm³/mol. The van der Waals surface area contributed by atoms with Gasteiger partial charge in [0.1, 0.15) is 11.9 Å². The van der Waals surface area contributed by atoms with Crippen molar-refractivity contribution in [2.75, 3.05) is 19.3 Å². The van der Waals surface area contributed by atoms with Gasteiger partial charge in [-0.2, -0.15) is 13.2 Å². The molecule has 1 aromatic heterocycles. The van der Waals surface area contributed by atoms with Crippen molar-refractivity contribution in [3.8, 4) is 16.9 Å². The molecule has 2 heterocycles. The maximum atomic E-state index is 12.8. The van der Waals surface area contributed by atoms with Crippen LogP contribution in [0.4, 0.5) is 13.2 Å². The Morgan fingerprint density at radius 1 is 1.03 bits per heavy atom. The first-order valence-corrected chi connectivity index (χ1v) is 11.8. The molecule has 0 N–H and O–H groups in total. The fourth-order valence-corrected chi connectivity index (χ4v) is 4.08. The number of hydrogen-bond donors (Lipinski definition) is 0. The Morgan fingerprint density at radius 3 is 2.31 bits per heavy atom. The summed E-state index contributed by atoms with van der Waals surface area (Å²) in [6.45, 7) is 1.71. The van der Waals surface area contributed by atoms with E-state index < -0.39 is 21.6 Å². The van der Waals surface area contributed by atoms with E-state index in [9.17, 15) is 21.6 Å². The highest BCUT2D eigenvalue weighted by molar-refractivity contribution is 7.90. The van der Waals surface area contributed by atoms with E-state index in [1.165, 1.54) is 24.4 Å². The van der Waals surface area contributed by atoms with Gasteiger partial charge in [-0.3, -0.25) is 4.90 Å². The maximum absolute atomic E-state index is 12.8. The Balaban J connectivity index is 1.30. The normalized spacial score (nSPS) is 15.4. The molecule has 168 valence electrons. The van der Waals surface area contributed by atoms with E-state index in [0.717, 1.165) is 23.4 Å². The van der Waals surface area contributed by atoms with Gasteiger partial charge < -0.3 is 4.74 Å². The molecule has 9 heteroatoms. The molecular formula is C23H21F3N2O3S. The van der Waals surface area contributed by atoms with Crippen molar-refractivity contribution < 1.29 is 26.3 Å². The van der Waals surface area contributed by atoms with E-state index in [1.54, 1.807) is 12.1 Å². The first-order valence-electron chi connectivity index (χ1n) is 9.90. The number of pyridine rings is 1. The van der Waals surface area contributed by atoms with Crippen molar-refractivity contribution in [3.05, 3.63) is 78.0 Å². The molecule has 1 aliphatic rings. The minimum absolute atomic E-state index is 0.0256. The summed E-state index contributed by atoms with van der Waals surface area (Å²) >= 11 is 0. The topological polar surface area (TPSA) is 59.5 Å². The first kappa shape index (κ1) is 22.3. The van der Waals surface area contributed by atoms with Crippen LogP contribution in [0.3, 0.4) is 0 Å². The highest BCUT2D eigenvalue weighted by Crippen LogP contribution is 2.30. The van der Waals surface area contributed by atoms with Gasteiger partial charge in [0, 0.05) is 37.7 Å². The molecule has 32 heavy (non-hydrogen) atoms. The van der Waals surface area contributed by atoms with E-state index in [1.807, 2.05) is 29.2 Å². The third-order valence-corrected chi connectivity index (χ3v) is 6.19. The van der Waals surface area contributed by atoms with E-state index in [4.69, 9.17) is 4.74 Å². The predicted octanol–water partition coefficient (Wildman–Crippen LogP) is 4.43. The summed E-state index contributed by atoms with van der Waals surface area (Å²) in [5.74, 6) is 0.693. The minimum Gasteiger partial charge on any atom is -0.488 e. The van der Waals surface area contributed by atoms with E-state index in [2.05, 4.69) is 4.98 Å². The average Bonchev–Trinajstić information content (AvgIpc) is 2.72. The molecule has 0 spiro atoms. The molecule has 0 radical (unpaired) electrons. The maximum Gasteiger partial charge on any atom is 0.416 e. The smallest absolute Gasteiger partial charge is 0.416 e. The van der Waals surface area contributed by atoms with E-state index in [-0.39, 0.29) is 11.1 Å². The molecular weight excluding hydrogens is 441 g/mol. The van der Waals surface area contributed by atoms with Gasteiger partial charge in [-0.15, -0.1) is 0 Å². The van der Waals surface area contributed by atoms with Crippen molar-refractivity contribution in [2.45, 2.75) is 23.9 Å². The van der Waals surface area contributed by atoms with Crippen LogP contribution in [0.1, 0.15) is 11.1 Å². The van der Waals surface area contributed by atoms with Crippen molar-refractivity contribution in [1.29, 1.82) is 0 Å². The van der Waals surface area contributed by atoms with Crippen molar-refractivity contribution in [3.63, 3.8) is 0 Å². The van der Waals surface area contributed by atoms with Crippen molar-refractivity contribution in [2.24, 2.45) is 0 Å². The highest BCUT2D eigenvalue weighted by atomic mass is 32.2. The van der Waals surface area contributed by atoms with Gasteiger partial charge in [0.15, 0.2) is 14.9 Å². The number of sulfone groups is 1. The molecule has 1 fully saturated rings. The quantitative estimate of drug-likeness (QED) is 0.542. The summed E-state index contributed by atoms with van der Waals surface area (Å²) in [6.07, 6.45) is -1.73. The molecule has 0 atom stereocenters. The Hall–Kier alpha value is -2.91. The standard InChI is InChI=1S/C23H21F3N2O3S/c1-32(29,30)22-10-7-18(12-27-22)17-5-8-20(9-6-17)31-21-14-28(15-21)13-16-3-2-4-19(11-16)23(24,25)26/h2-12,21H,13-15H2,1H3. The Morgan fingerprint density at radius 2 is 1.72 bits per heavy atom. The lowest BCUT2D eigenvalue weighted by Crippen LogP contribution is -2.53. The number of halogens is 3. The zero-order valence-corrected chi connectivity index (χ0v) is 18.0. The summed E-state index contributed by atoms with van der Waals surface area (Å²) in [5, 5.41) is 0.0286. The minimum atomic E-state index is -4.34. The second-order valence-corrected chi connectivity index (χ2v) is 9.78. The van der Waals surface area contributed by atoms with Crippen LogP contribution in [0.5, 0.6) is 5.75 Å². The molecule has 4 rings (SSSR count). The number of alkyl halides is 3. The van der Waals surface area contributed by atoms with Crippen LogP contribution in [0, 0.1) is 0 Å². The largest absolute Gasteiger partial charge is 0.488 e. The molecule has 1 saturated heterocycles. The van der Waals surface area contributed by atoms with E-state index >= 15 is 0 Å². The molecule has 1 aliphatic heterocycles. The number of aromatic nitrogens is 1. The van der Waals surface area contributed by atoms with Gasteiger partial charge in [-0.1, -0.05) is 30.3 Å². The Kier molecular flexibility index (Phi) is 5.96. The van der Waals surface area contributed by atoms with Gasteiger partial charge in [0.2, 0.25) is 0 Å². The second kappa shape index (κ2) is 8.55. The summed E-state index contributed by atoms with van der Waals surface area (Å²) in [4.78, 5) is 6.03. The van der Waals surface area contributed by atoms with Gasteiger partial charge in [0.25, 0.3) is 0 Å². The molecule has 0 aliphatic carbocycles. The Labute approximate surface area is 184 Å². The fraction of sp³-hybridized carbons (Fsp3) is 0.261. The number of hydrogen-bond acceptors (Lipinski definition) is 5. The van der Waals surface area contributed by atoms with Crippen LogP contribution in [-0.2, 0) is 22.6 Å².